The lowest BCUT2D eigenvalue weighted by atomic mass is 10.0. The van der Waals surface area contributed by atoms with Gasteiger partial charge in [-0.15, -0.1) is 6.42 Å². The molecule has 0 aromatic heterocycles. The van der Waals surface area contributed by atoms with Gasteiger partial charge in [0.1, 0.15) is 12.6 Å². The van der Waals surface area contributed by atoms with Crippen molar-refractivity contribution in [3.8, 4) is 12.3 Å². The fraction of sp³-hybridized carbons (Fsp3) is 0.400. The molecule has 4 rings (SSSR count). The number of amides is 4. The third kappa shape index (κ3) is 3.14. The number of piperidine rings is 1. The first-order chi connectivity index (χ1) is 13.5. The first-order valence-corrected chi connectivity index (χ1v) is 9.10. The van der Waals surface area contributed by atoms with E-state index in [2.05, 4.69) is 11.2 Å². The molecule has 1 unspecified atom stereocenters. The monoisotopic (exact) mass is 381 g/mol. The smallest absolute Gasteiger partial charge is 0.255 e. The maximum Gasteiger partial charge on any atom is 0.255 e. The number of carbonyl (C=O) groups excluding carboxylic acids is 4. The lowest BCUT2D eigenvalue weighted by molar-refractivity contribution is -0.136. The minimum atomic E-state index is -0.666. The van der Waals surface area contributed by atoms with Crippen LogP contribution in [0.2, 0.25) is 0 Å². The van der Waals surface area contributed by atoms with Gasteiger partial charge in [0.2, 0.25) is 11.8 Å². The number of nitrogens with one attached hydrogen (secondary N) is 1. The van der Waals surface area contributed by atoms with Crippen LogP contribution in [0.15, 0.2) is 18.2 Å². The number of hydrogen-bond donors (Lipinski definition) is 1. The van der Waals surface area contributed by atoms with Crippen LogP contribution in [-0.4, -0.2) is 65.3 Å². The summed E-state index contributed by atoms with van der Waals surface area (Å²) in [7, 11) is 0. The van der Waals surface area contributed by atoms with E-state index in [4.69, 9.17) is 11.2 Å². The van der Waals surface area contributed by atoms with Gasteiger partial charge in [-0.1, -0.05) is 12.0 Å². The SMILES string of the molecule is C#CCOC1CN(C(=O)c2ccc3c(c2)C(=O)N(C2CCC(=O)NC2=O)C3)C1. The Bertz CT molecular complexity index is 913. The van der Waals surface area contributed by atoms with E-state index in [1.165, 1.54) is 4.90 Å². The van der Waals surface area contributed by atoms with Crippen LogP contribution in [0.25, 0.3) is 0 Å². The van der Waals surface area contributed by atoms with E-state index in [9.17, 15) is 19.2 Å². The molecular formula is C20H19N3O5. The fourth-order valence-electron chi connectivity index (χ4n) is 3.75. The van der Waals surface area contributed by atoms with E-state index >= 15 is 0 Å². The van der Waals surface area contributed by atoms with Gasteiger partial charge >= 0.3 is 0 Å². The van der Waals surface area contributed by atoms with E-state index in [0.717, 1.165) is 5.56 Å². The molecule has 1 aromatic carbocycles. The number of rotatable bonds is 4. The second kappa shape index (κ2) is 7.09. The van der Waals surface area contributed by atoms with Crippen molar-refractivity contribution in [1.29, 1.82) is 0 Å². The molecule has 4 amide bonds. The van der Waals surface area contributed by atoms with Crippen LogP contribution >= 0.6 is 0 Å². The Morgan fingerprint density at radius 2 is 2.07 bits per heavy atom. The Morgan fingerprint density at radius 1 is 1.29 bits per heavy atom. The van der Waals surface area contributed by atoms with Gasteiger partial charge in [-0.05, 0) is 24.1 Å². The predicted octanol–water partition coefficient (Wildman–Crippen LogP) is -0.0782. The molecular weight excluding hydrogens is 362 g/mol. The number of fused-ring (bicyclic) bond motifs is 1. The first-order valence-electron chi connectivity index (χ1n) is 9.10. The van der Waals surface area contributed by atoms with Gasteiger partial charge in [0.25, 0.3) is 11.8 Å². The molecule has 0 radical (unpaired) electrons. The van der Waals surface area contributed by atoms with E-state index in [-0.39, 0.29) is 36.9 Å². The summed E-state index contributed by atoms with van der Waals surface area (Å²) in [5.41, 5.74) is 1.62. The van der Waals surface area contributed by atoms with Crippen molar-refractivity contribution in [3.05, 3.63) is 34.9 Å². The highest BCUT2D eigenvalue weighted by molar-refractivity contribution is 6.06. The van der Waals surface area contributed by atoms with Gasteiger partial charge in [-0.2, -0.15) is 0 Å². The number of carbonyl (C=O) groups is 4. The third-order valence-electron chi connectivity index (χ3n) is 5.31. The van der Waals surface area contributed by atoms with Gasteiger partial charge < -0.3 is 14.5 Å². The lowest BCUT2D eigenvalue weighted by Crippen LogP contribution is -2.54. The number of hydrogen-bond acceptors (Lipinski definition) is 5. The second-order valence-electron chi connectivity index (χ2n) is 7.12. The van der Waals surface area contributed by atoms with E-state index in [1.807, 2.05) is 0 Å². The minimum Gasteiger partial charge on any atom is -0.362 e. The molecule has 3 heterocycles. The molecule has 1 aromatic rings. The number of terminal acetylenes is 1. The summed E-state index contributed by atoms with van der Waals surface area (Å²) in [4.78, 5) is 52.0. The summed E-state index contributed by atoms with van der Waals surface area (Å²) in [5.74, 6) is 1.16. The number of likely N-dealkylation sites (tertiary alicyclic amines) is 1. The largest absolute Gasteiger partial charge is 0.362 e. The normalized spacial score (nSPS) is 21.8. The van der Waals surface area contributed by atoms with Crippen molar-refractivity contribution in [1.82, 2.24) is 15.1 Å². The molecule has 8 nitrogen and oxygen atoms in total. The van der Waals surface area contributed by atoms with Gasteiger partial charge in [-0.25, -0.2) is 0 Å². The van der Waals surface area contributed by atoms with Crippen molar-refractivity contribution in [2.45, 2.75) is 31.5 Å². The second-order valence-corrected chi connectivity index (χ2v) is 7.12. The molecule has 8 heteroatoms. The molecule has 0 saturated carbocycles. The molecule has 28 heavy (non-hydrogen) atoms. The Morgan fingerprint density at radius 3 is 2.79 bits per heavy atom. The lowest BCUT2D eigenvalue weighted by Gasteiger charge is -2.38. The maximum absolute atomic E-state index is 12.8. The summed E-state index contributed by atoms with van der Waals surface area (Å²) in [6, 6.07) is 4.36. The highest BCUT2D eigenvalue weighted by atomic mass is 16.5. The zero-order chi connectivity index (χ0) is 19.8. The average Bonchev–Trinajstić information content (AvgIpc) is 2.96. The average molecular weight is 381 g/mol. The highest BCUT2D eigenvalue weighted by Crippen LogP contribution is 2.29. The van der Waals surface area contributed by atoms with Gasteiger partial charge in [0.15, 0.2) is 0 Å². The minimum absolute atomic E-state index is 0.0564. The first kappa shape index (κ1) is 18.2. The van der Waals surface area contributed by atoms with Crippen molar-refractivity contribution in [2.75, 3.05) is 19.7 Å². The molecule has 2 saturated heterocycles. The fourth-order valence-corrected chi connectivity index (χ4v) is 3.75. The molecule has 3 aliphatic heterocycles. The summed E-state index contributed by atoms with van der Waals surface area (Å²) in [6.07, 6.45) is 5.61. The van der Waals surface area contributed by atoms with Gasteiger partial charge in [0, 0.05) is 37.2 Å². The third-order valence-corrected chi connectivity index (χ3v) is 5.31. The van der Waals surface area contributed by atoms with E-state index < -0.39 is 11.9 Å². The highest BCUT2D eigenvalue weighted by Gasteiger charge is 2.40. The zero-order valence-electron chi connectivity index (χ0n) is 15.1. The summed E-state index contributed by atoms with van der Waals surface area (Å²) >= 11 is 0. The summed E-state index contributed by atoms with van der Waals surface area (Å²) < 4.78 is 5.38. The van der Waals surface area contributed by atoms with Crippen LogP contribution in [0.3, 0.4) is 0 Å². The molecule has 2 fully saturated rings. The molecule has 144 valence electrons. The van der Waals surface area contributed by atoms with Crippen LogP contribution in [0.4, 0.5) is 0 Å². The molecule has 3 aliphatic rings. The number of benzene rings is 1. The Labute approximate surface area is 161 Å². The predicted molar refractivity (Wildman–Crippen MR) is 97.0 cm³/mol. The Hall–Kier alpha value is -3.18. The molecule has 1 N–H and O–H groups in total. The van der Waals surface area contributed by atoms with Crippen LogP contribution in [0.5, 0.6) is 0 Å². The van der Waals surface area contributed by atoms with Gasteiger partial charge in [-0.3, -0.25) is 24.5 Å². The Balaban J connectivity index is 1.45. The van der Waals surface area contributed by atoms with Crippen molar-refractivity contribution in [2.24, 2.45) is 0 Å². The van der Waals surface area contributed by atoms with Gasteiger partial charge in [0.05, 0.1) is 6.10 Å². The summed E-state index contributed by atoms with van der Waals surface area (Å²) in [5, 5.41) is 2.28. The van der Waals surface area contributed by atoms with Crippen LogP contribution in [-0.2, 0) is 20.9 Å². The molecule has 0 spiro atoms. The molecule has 0 aliphatic carbocycles. The number of nitrogens with zero attached hydrogens (tertiary/aromatic N) is 2. The standard InChI is InChI=1S/C20H19N3O5/c1-2-7-28-14-10-22(11-14)19(26)12-3-4-13-9-23(20(27)15(13)8-12)16-5-6-17(24)21-18(16)25/h1,3-4,8,14,16H,5-7,9-11H2,(H,21,24,25). The van der Waals surface area contributed by atoms with Crippen molar-refractivity contribution in [3.63, 3.8) is 0 Å². The molecule has 0 bridgehead atoms. The maximum atomic E-state index is 12.8. The topological polar surface area (TPSA) is 96.0 Å². The zero-order valence-corrected chi connectivity index (χ0v) is 15.1. The Kier molecular flexibility index (Phi) is 4.61. The van der Waals surface area contributed by atoms with Crippen molar-refractivity contribution >= 4 is 23.6 Å². The quantitative estimate of drug-likeness (QED) is 0.582. The van der Waals surface area contributed by atoms with Crippen LogP contribution in [0.1, 0.15) is 39.1 Å². The van der Waals surface area contributed by atoms with Crippen LogP contribution in [0, 0.1) is 12.3 Å². The number of ether oxygens (including phenoxy) is 1. The van der Waals surface area contributed by atoms with E-state index in [1.54, 1.807) is 23.1 Å². The van der Waals surface area contributed by atoms with Crippen LogP contribution < -0.4 is 5.32 Å². The van der Waals surface area contributed by atoms with Crippen molar-refractivity contribution < 1.29 is 23.9 Å². The van der Waals surface area contributed by atoms with E-state index in [0.29, 0.717) is 37.2 Å². The summed E-state index contributed by atoms with van der Waals surface area (Å²) in [6.45, 7) is 1.44. The number of imide groups is 1. The molecule has 1 atom stereocenters.